The second-order valence-electron chi connectivity index (χ2n) is 5.57. The van der Waals surface area contributed by atoms with Crippen LogP contribution in [0.3, 0.4) is 0 Å². The first-order valence-electron chi connectivity index (χ1n) is 6.92. The van der Waals surface area contributed by atoms with Crippen molar-refractivity contribution in [2.45, 2.75) is 50.6 Å². The maximum Gasteiger partial charge on any atom is 0.327 e. The quantitative estimate of drug-likeness (QED) is 0.814. The average Bonchev–Trinajstić information content (AvgIpc) is 2.83. The number of hydrogen-bond donors (Lipinski definition) is 2. The van der Waals surface area contributed by atoms with E-state index in [-0.39, 0.29) is 23.2 Å². The summed E-state index contributed by atoms with van der Waals surface area (Å²) in [6, 6.07) is -0.871. The molecule has 19 heavy (non-hydrogen) atoms. The summed E-state index contributed by atoms with van der Waals surface area (Å²) < 4.78 is 0. The fraction of sp³-hybridized carbons (Fsp3) is 0.846. The van der Waals surface area contributed by atoms with Gasteiger partial charge >= 0.3 is 5.97 Å². The van der Waals surface area contributed by atoms with Gasteiger partial charge in [0.05, 0.1) is 11.4 Å². The molecule has 0 aromatic rings. The van der Waals surface area contributed by atoms with Gasteiger partial charge in [-0.25, -0.2) is 4.79 Å². The van der Waals surface area contributed by atoms with Crippen LogP contribution >= 0.6 is 11.8 Å². The Kier molecular flexibility index (Phi) is 4.73. The first kappa shape index (κ1) is 14.7. The van der Waals surface area contributed by atoms with Crippen molar-refractivity contribution in [3.63, 3.8) is 0 Å². The van der Waals surface area contributed by atoms with Crippen molar-refractivity contribution in [1.82, 2.24) is 10.2 Å². The predicted molar refractivity (Wildman–Crippen MR) is 75.0 cm³/mol. The Morgan fingerprint density at radius 1 is 1.37 bits per heavy atom. The maximum absolute atomic E-state index is 12.6. The number of aliphatic carboxylic acids is 1. The standard InChI is InChI=1S/C13H22N2O3S/c1-8(2)12-15(10(7-19-12)13(17)18)11(16)9-5-3-4-6-14-9/h8-10,12,14H,3-7H2,1-2H3,(H,17,18). The van der Waals surface area contributed by atoms with Crippen LogP contribution < -0.4 is 5.32 Å². The van der Waals surface area contributed by atoms with Crippen LogP contribution in [0.4, 0.5) is 0 Å². The van der Waals surface area contributed by atoms with E-state index in [1.165, 1.54) is 0 Å². The number of nitrogens with zero attached hydrogens (tertiary/aromatic N) is 1. The van der Waals surface area contributed by atoms with Gasteiger partial charge in [0.1, 0.15) is 6.04 Å². The summed E-state index contributed by atoms with van der Waals surface area (Å²) in [6.07, 6.45) is 2.94. The van der Waals surface area contributed by atoms with Crippen molar-refractivity contribution in [1.29, 1.82) is 0 Å². The molecule has 0 saturated carbocycles. The number of carboxylic acids is 1. The van der Waals surface area contributed by atoms with E-state index in [0.29, 0.717) is 5.75 Å². The molecule has 2 aliphatic heterocycles. The van der Waals surface area contributed by atoms with E-state index in [1.54, 1.807) is 16.7 Å². The second kappa shape index (κ2) is 6.13. The molecule has 2 heterocycles. The van der Waals surface area contributed by atoms with Crippen LogP contribution in [0, 0.1) is 5.92 Å². The minimum atomic E-state index is -0.889. The number of carboxylic acid groups (broad SMARTS) is 1. The second-order valence-corrected chi connectivity index (χ2v) is 6.72. The van der Waals surface area contributed by atoms with Crippen LogP contribution in [-0.2, 0) is 9.59 Å². The largest absolute Gasteiger partial charge is 0.480 e. The molecule has 0 spiro atoms. The number of nitrogens with one attached hydrogen (secondary N) is 1. The lowest BCUT2D eigenvalue weighted by Gasteiger charge is -2.34. The SMILES string of the molecule is CC(C)C1SCC(C(=O)O)N1C(=O)C1CCCCN1. The van der Waals surface area contributed by atoms with Crippen molar-refractivity contribution in [3.8, 4) is 0 Å². The normalized spacial score (nSPS) is 31.7. The Bertz CT molecular complexity index is 356. The smallest absolute Gasteiger partial charge is 0.327 e. The van der Waals surface area contributed by atoms with Crippen LogP contribution in [0.2, 0.25) is 0 Å². The van der Waals surface area contributed by atoms with Crippen molar-refractivity contribution in [2.24, 2.45) is 5.92 Å². The predicted octanol–water partition coefficient (Wildman–Crippen LogP) is 1.14. The molecule has 3 atom stereocenters. The highest BCUT2D eigenvalue weighted by molar-refractivity contribution is 8.00. The number of carbonyl (C=O) groups is 2. The fourth-order valence-electron chi connectivity index (χ4n) is 2.75. The molecule has 2 aliphatic rings. The number of piperidine rings is 1. The number of rotatable bonds is 3. The van der Waals surface area contributed by atoms with Gasteiger partial charge in [-0.05, 0) is 25.3 Å². The molecule has 5 nitrogen and oxygen atoms in total. The van der Waals surface area contributed by atoms with Gasteiger partial charge in [-0.15, -0.1) is 11.8 Å². The molecule has 2 rings (SSSR count). The highest BCUT2D eigenvalue weighted by Crippen LogP contribution is 2.35. The highest BCUT2D eigenvalue weighted by atomic mass is 32.2. The van der Waals surface area contributed by atoms with E-state index in [0.717, 1.165) is 25.8 Å². The van der Waals surface area contributed by atoms with E-state index in [2.05, 4.69) is 5.32 Å². The first-order valence-corrected chi connectivity index (χ1v) is 7.97. The highest BCUT2D eigenvalue weighted by Gasteiger charge is 2.44. The molecule has 3 unspecified atom stereocenters. The molecule has 0 bridgehead atoms. The van der Waals surface area contributed by atoms with Crippen LogP contribution in [0.25, 0.3) is 0 Å². The molecule has 2 saturated heterocycles. The summed E-state index contributed by atoms with van der Waals surface area (Å²) in [7, 11) is 0. The van der Waals surface area contributed by atoms with Gasteiger partial charge in [-0.2, -0.15) is 0 Å². The molecule has 0 aromatic heterocycles. The van der Waals surface area contributed by atoms with Gasteiger partial charge in [0, 0.05) is 5.75 Å². The number of hydrogen-bond acceptors (Lipinski definition) is 4. The van der Waals surface area contributed by atoms with Crippen LogP contribution in [0.1, 0.15) is 33.1 Å². The Morgan fingerprint density at radius 3 is 2.63 bits per heavy atom. The summed E-state index contributed by atoms with van der Waals surface area (Å²) in [4.78, 5) is 25.6. The molecular formula is C13H22N2O3S. The topological polar surface area (TPSA) is 69.6 Å². The van der Waals surface area contributed by atoms with Crippen LogP contribution in [0.5, 0.6) is 0 Å². The van der Waals surface area contributed by atoms with Crippen LogP contribution in [-0.4, -0.2) is 51.6 Å². The van der Waals surface area contributed by atoms with E-state index in [1.807, 2.05) is 13.8 Å². The van der Waals surface area contributed by atoms with E-state index in [4.69, 9.17) is 0 Å². The van der Waals surface area contributed by atoms with Gasteiger partial charge < -0.3 is 15.3 Å². The lowest BCUT2D eigenvalue weighted by molar-refractivity contribution is -0.150. The van der Waals surface area contributed by atoms with E-state index in [9.17, 15) is 14.7 Å². The van der Waals surface area contributed by atoms with Crippen molar-refractivity contribution in [3.05, 3.63) is 0 Å². The monoisotopic (exact) mass is 286 g/mol. The summed E-state index contributed by atoms with van der Waals surface area (Å²) in [6.45, 7) is 4.93. The molecule has 6 heteroatoms. The van der Waals surface area contributed by atoms with Gasteiger partial charge in [-0.1, -0.05) is 20.3 Å². The summed E-state index contributed by atoms with van der Waals surface area (Å²) in [5.41, 5.74) is 0. The zero-order chi connectivity index (χ0) is 14.0. The van der Waals surface area contributed by atoms with Gasteiger partial charge in [0.15, 0.2) is 0 Å². The Labute approximate surface area is 118 Å². The summed E-state index contributed by atoms with van der Waals surface area (Å²) >= 11 is 1.58. The third-order valence-electron chi connectivity index (χ3n) is 3.75. The fourth-order valence-corrected chi connectivity index (χ4v) is 4.23. The molecule has 108 valence electrons. The zero-order valence-corrected chi connectivity index (χ0v) is 12.3. The number of carbonyl (C=O) groups excluding carboxylic acids is 1. The van der Waals surface area contributed by atoms with Crippen molar-refractivity contribution >= 4 is 23.6 Å². The van der Waals surface area contributed by atoms with Crippen molar-refractivity contribution in [2.75, 3.05) is 12.3 Å². The molecule has 0 aromatic carbocycles. The lowest BCUT2D eigenvalue weighted by Crippen LogP contribution is -2.55. The Hall–Kier alpha value is -0.750. The molecular weight excluding hydrogens is 264 g/mol. The third-order valence-corrected chi connectivity index (χ3v) is 5.37. The lowest BCUT2D eigenvalue weighted by atomic mass is 10.0. The molecule has 0 radical (unpaired) electrons. The van der Waals surface area contributed by atoms with Gasteiger partial charge in [-0.3, -0.25) is 4.79 Å². The maximum atomic E-state index is 12.6. The van der Waals surface area contributed by atoms with E-state index >= 15 is 0 Å². The zero-order valence-electron chi connectivity index (χ0n) is 11.5. The number of thioether (sulfide) groups is 1. The Balaban J connectivity index is 2.15. The summed E-state index contributed by atoms with van der Waals surface area (Å²) in [5.74, 6) is -0.158. The molecule has 2 N–H and O–H groups in total. The minimum absolute atomic E-state index is 0.0164. The first-order chi connectivity index (χ1) is 9.02. The molecule has 2 fully saturated rings. The minimum Gasteiger partial charge on any atom is -0.480 e. The number of amides is 1. The molecule has 1 amide bonds. The van der Waals surface area contributed by atoms with Gasteiger partial charge in [0.2, 0.25) is 5.91 Å². The van der Waals surface area contributed by atoms with Crippen molar-refractivity contribution < 1.29 is 14.7 Å². The van der Waals surface area contributed by atoms with Gasteiger partial charge in [0.25, 0.3) is 0 Å². The van der Waals surface area contributed by atoms with Crippen LogP contribution in [0.15, 0.2) is 0 Å². The van der Waals surface area contributed by atoms with E-state index < -0.39 is 12.0 Å². The third kappa shape index (κ3) is 3.05. The average molecular weight is 286 g/mol. The molecule has 0 aliphatic carbocycles. The summed E-state index contributed by atoms with van der Waals surface area (Å²) in [5, 5.41) is 12.5. The Morgan fingerprint density at radius 2 is 2.11 bits per heavy atom.